The minimum Gasteiger partial charge on any atom is -0.465 e. The molecule has 0 unspecified atom stereocenters. The second-order valence-electron chi connectivity index (χ2n) is 4.29. The number of nitrogens with zero attached hydrogens (tertiary/aromatic N) is 2. The van der Waals surface area contributed by atoms with E-state index in [2.05, 4.69) is 4.74 Å². The fourth-order valence-electron chi connectivity index (χ4n) is 1.82. The van der Waals surface area contributed by atoms with Crippen molar-refractivity contribution in [3.63, 3.8) is 0 Å². The number of hydrogen-bond acceptors (Lipinski definition) is 4. The Morgan fingerprint density at radius 1 is 1.38 bits per heavy atom. The molecule has 0 aliphatic heterocycles. The Balaban J connectivity index is 2.38. The highest BCUT2D eigenvalue weighted by Gasteiger charge is 2.10. The number of carbonyl (C=O) groups is 1. The number of benzene rings is 1. The van der Waals surface area contributed by atoms with Crippen LogP contribution in [0.4, 0.5) is 4.39 Å². The molecule has 0 saturated carbocycles. The minimum absolute atomic E-state index is 0.0405. The molecule has 0 spiro atoms. The lowest BCUT2D eigenvalue weighted by Gasteiger charge is -2.08. The van der Waals surface area contributed by atoms with Crippen molar-refractivity contribution in [3.05, 3.63) is 69.4 Å². The summed E-state index contributed by atoms with van der Waals surface area (Å²) in [5.41, 5.74) is 0.280. The zero-order valence-corrected chi connectivity index (χ0v) is 11.2. The Morgan fingerprint density at radius 3 is 2.76 bits per heavy atom. The van der Waals surface area contributed by atoms with E-state index in [0.717, 1.165) is 6.07 Å². The monoisotopic (exact) mass is 286 g/mol. The van der Waals surface area contributed by atoms with Crippen LogP contribution in [0.15, 0.2) is 41.3 Å². The van der Waals surface area contributed by atoms with Gasteiger partial charge in [0, 0.05) is 17.8 Å². The zero-order chi connectivity index (χ0) is 15.4. The highest BCUT2D eigenvalue weighted by Crippen LogP contribution is 2.11. The summed E-state index contributed by atoms with van der Waals surface area (Å²) in [5, 5.41) is 8.69. The first-order chi connectivity index (χ1) is 10.0. The maximum Gasteiger partial charge on any atom is 0.339 e. The second-order valence-corrected chi connectivity index (χ2v) is 4.29. The van der Waals surface area contributed by atoms with Crippen LogP contribution in [-0.4, -0.2) is 17.6 Å². The van der Waals surface area contributed by atoms with Crippen LogP contribution in [0.2, 0.25) is 0 Å². The molecule has 2 aromatic rings. The van der Waals surface area contributed by atoms with Crippen LogP contribution in [0.25, 0.3) is 0 Å². The van der Waals surface area contributed by atoms with Gasteiger partial charge in [-0.2, -0.15) is 5.26 Å². The molecule has 0 aliphatic carbocycles. The summed E-state index contributed by atoms with van der Waals surface area (Å²) in [5.74, 6) is -1.16. The summed E-state index contributed by atoms with van der Waals surface area (Å²) in [7, 11) is 1.23. The van der Waals surface area contributed by atoms with E-state index in [9.17, 15) is 14.0 Å². The molecule has 0 aliphatic rings. The highest BCUT2D eigenvalue weighted by atomic mass is 19.1. The third kappa shape index (κ3) is 3.15. The number of pyridine rings is 1. The molecule has 1 aromatic carbocycles. The predicted octanol–water partition coefficient (Wildman–Crippen LogP) is 1.69. The van der Waals surface area contributed by atoms with Gasteiger partial charge < -0.3 is 9.30 Å². The van der Waals surface area contributed by atoms with Gasteiger partial charge in [0.15, 0.2) is 0 Å². The number of hydrogen-bond donors (Lipinski definition) is 0. The third-order valence-electron chi connectivity index (χ3n) is 2.93. The first-order valence-corrected chi connectivity index (χ1v) is 6.02. The molecule has 1 heterocycles. The van der Waals surface area contributed by atoms with Crippen molar-refractivity contribution in [2.24, 2.45) is 0 Å². The molecule has 21 heavy (non-hydrogen) atoms. The van der Waals surface area contributed by atoms with Crippen LogP contribution in [0, 0.1) is 17.1 Å². The topological polar surface area (TPSA) is 72.1 Å². The average molecular weight is 286 g/mol. The first kappa shape index (κ1) is 14.5. The fourth-order valence-corrected chi connectivity index (χ4v) is 1.82. The minimum atomic E-state index is -0.580. The third-order valence-corrected chi connectivity index (χ3v) is 2.93. The molecular formula is C15H11FN2O3. The number of halogens is 1. The van der Waals surface area contributed by atoms with Crippen LogP contribution in [0.5, 0.6) is 0 Å². The van der Waals surface area contributed by atoms with Crippen molar-refractivity contribution < 1.29 is 13.9 Å². The van der Waals surface area contributed by atoms with E-state index in [4.69, 9.17) is 5.26 Å². The SMILES string of the molecule is COC(=O)c1ccc(=O)n(Cc2ccc(C#N)cc2F)c1. The van der Waals surface area contributed by atoms with Crippen LogP contribution >= 0.6 is 0 Å². The Kier molecular flexibility index (Phi) is 4.14. The number of aromatic nitrogens is 1. The van der Waals surface area contributed by atoms with Crippen LogP contribution < -0.4 is 5.56 Å². The van der Waals surface area contributed by atoms with Crippen molar-refractivity contribution in [2.75, 3.05) is 7.11 Å². The smallest absolute Gasteiger partial charge is 0.339 e. The Bertz CT molecular complexity index is 790. The summed E-state index contributed by atoms with van der Waals surface area (Å²) in [4.78, 5) is 23.2. The Hall–Kier alpha value is -2.94. The molecular weight excluding hydrogens is 275 g/mol. The summed E-state index contributed by atoms with van der Waals surface area (Å²) < 4.78 is 19.6. The van der Waals surface area contributed by atoms with Crippen molar-refractivity contribution in [3.8, 4) is 6.07 Å². The standard InChI is InChI=1S/C15H11FN2O3/c1-21-15(20)12-4-5-14(19)18(9-12)8-11-3-2-10(7-17)6-13(11)16/h2-6,9H,8H2,1H3. The molecule has 1 aromatic heterocycles. The highest BCUT2D eigenvalue weighted by molar-refractivity contribution is 5.88. The molecule has 0 atom stereocenters. The van der Waals surface area contributed by atoms with E-state index in [1.165, 1.54) is 42.1 Å². The van der Waals surface area contributed by atoms with Crippen molar-refractivity contribution in [1.82, 2.24) is 4.57 Å². The average Bonchev–Trinajstić information content (AvgIpc) is 2.50. The fraction of sp³-hybridized carbons (Fsp3) is 0.133. The number of methoxy groups -OCH3 is 1. The second kappa shape index (κ2) is 6.01. The van der Waals surface area contributed by atoms with Crippen LogP contribution in [-0.2, 0) is 11.3 Å². The van der Waals surface area contributed by atoms with Gasteiger partial charge in [-0.25, -0.2) is 9.18 Å². The van der Waals surface area contributed by atoms with E-state index in [-0.39, 0.29) is 28.8 Å². The van der Waals surface area contributed by atoms with Gasteiger partial charge in [0.2, 0.25) is 0 Å². The van der Waals surface area contributed by atoms with E-state index >= 15 is 0 Å². The number of rotatable bonds is 3. The van der Waals surface area contributed by atoms with Crippen molar-refractivity contribution in [2.45, 2.75) is 6.54 Å². The van der Waals surface area contributed by atoms with E-state index < -0.39 is 11.8 Å². The van der Waals surface area contributed by atoms with Gasteiger partial charge in [-0.3, -0.25) is 4.79 Å². The summed E-state index contributed by atoms with van der Waals surface area (Å²) in [6, 6.07) is 8.40. The summed E-state index contributed by atoms with van der Waals surface area (Å²) in [6.07, 6.45) is 1.31. The molecule has 0 radical (unpaired) electrons. The predicted molar refractivity (Wildman–Crippen MR) is 72.3 cm³/mol. The van der Waals surface area contributed by atoms with Crippen molar-refractivity contribution in [1.29, 1.82) is 5.26 Å². The van der Waals surface area contributed by atoms with Gasteiger partial charge in [0.1, 0.15) is 5.82 Å². The summed E-state index contributed by atoms with van der Waals surface area (Å²) in [6.45, 7) is -0.0405. The first-order valence-electron chi connectivity index (χ1n) is 6.02. The van der Waals surface area contributed by atoms with E-state index in [1.807, 2.05) is 6.07 Å². The molecule has 0 saturated heterocycles. The number of ether oxygens (including phenoxy) is 1. The zero-order valence-electron chi connectivity index (χ0n) is 11.2. The lowest BCUT2D eigenvalue weighted by molar-refractivity contribution is 0.0599. The van der Waals surface area contributed by atoms with Gasteiger partial charge in [-0.1, -0.05) is 6.07 Å². The maximum atomic E-state index is 13.8. The number of carbonyl (C=O) groups excluding carboxylic acids is 1. The largest absolute Gasteiger partial charge is 0.465 e. The van der Waals surface area contributed by atoms with Gasteiger partial charge >= 0.3 is 5.97 Å². The number of esters is 1. The molecule has 6 heteroatoms. The molecule has 106 valence electrons. The van der Waals surface area contributed by atoms with E-state index in [0.29, 0.717) is 0 Å². The molecule has 0 N–H and O–H groups in total. The van der Waals surface area contributed by atoms with Gasteiger partial charge in [-0.15, -0.1) is 0 Å². The summed E-state index contributed by atoms with van der Waals surface area (Å²) >= 11 is 0. The molecule has 0 amide bonds. The molecule has 2 rings (SSSR count). The maximum absolute atomic E-state index is 13.8. The van der Waals surface area contributed by atoms with E-state index in [1.54, 1.807) is 0 Å². The van der Waals surface area contributed by atoms with Crippen molar-refractivity contribution >= 4 is 5.97 Å². The Labute approximate surface area is 119 Å². The molecule has 0 bridgehead atoms. The van der Waals surface area contributed by atoms with Gasteiger partial charge in [0.25, 0.3) is 5.56 Å². The van der Waals surface area contributed by atoms with Crippen LogP contribution in [0.1, 0.15) is 21.5 Å². The number of nitriles is 1. The Morgan fingerprint density at radius 2 is 2.14 bits per heavy atom. The molecule has 0 fully saturated rings. The molecule has 5 nitrogen and oxygen atoms in total. The normalized spacial score (nSPS) is 9.95. The van der Waals surface area contributed by atoms with Gasteiger partial charge in [0.05, 0.1) is 30.9 Å². The quantitative estimate of drug-likeness (QED) is 0.805. The lowest BCUT2D eigenvalue weighted by Crippen LogP contribution is -2.21. The lowest BCUT2D eigenvalue weighted by atomic mass is 10.1. The van der Waals surface area contributed by atoms with Gasteiger partial charge in [-0.05, 0) is 18.2 Å². The van der Waals surface area contributed by atoms with Crippen LogP contribution in [0.3, 0.4) is 0 Å².